The second kappa shape index (κ2) is 5.19. The first-order chi connectivity index (χ1) is 10.2. The maximum Gasteiger partial charge on any atom is 0.146 e. The van der Waals surface area contributed by atoms with E-state index in [9.17, 15) is 10.2 Å². The fraction of sp³-hybridized carbons (Fsp3) is 0.0625. The quantitative estimate of drug-likeness (QED) is 0.821. The number of aromatic nitrogens is 1. The highest BCUT2D eigenvalue weighted by molar-refractivity contribution is 5.80. The van der Waals surface area contributed by atoms with Crippen molar-refractivity contribution in [3.05, 3.63) is 71.7 Å². The molecule has 4 nitrogen and oxygen atoms in total. The normalized spacial score (nSPS) is 16.6. The number of pyridine rings is 1. The highest BCUT2D eigenvalue weighted by Crippen LogP contribution is 2.31. The van der Waals surface area contributed by atoms with Crippen LogP contribution in [0.5, 0.6) is 0 Å². The van der Waals surface area contributed by atoms with Crippen LogP contribution in [0.15, 0.2) is 60.4 Å². The standard InChI is InChI=1S/C16H14N2O2/c19-11-18-14-7-4-10-17-13(14)8-9-15(18)16(20)12-5-2-1-3-6-12/h1-10,19-20H,11H2/i4D. The van der Waals surface area contributed by atoms with Crippen LogP contribution in [0.3, 0.4) is 0 Å². The number of allylic oxidation sites excluding steroid dienone is 1. The van der Waals surface area contributed by atoms with E-state index in [1.807, 2.05) is 18.2 Å². The lowest BCUT2D eigenvalue weighted by Crippen LogP contribution is -2.26. The van der Waals surface area contributed by atoms with Gasteiger partial charge in [-0.3, -0.25) is 4.98 Å². The first kappa shape index (κ1) is 11.3. The number of nitrogens with zero attached hydrogens (tertiary/aromatic N) is 2. The molecular formula is C16H14N2O2. The van der Waals surface area contributed by atoms with Gasteiger partial charge in [0.15, 0.2) is 0 Å². The summed E-state index contributed by atoms with van der Waals surface area (Å²) in [7, 11) is 0. The molecule has 0 unspecified atom stereocenters. The average molecular weight is 267 g/mol. The monoisotopic (exact) mass is 267 g/mol. The Labute approximate surface area is 118 Å². The molecule has 20 heavy (non-hydrogen) atoms. The van der Waals surface area contributed by atoms with Gasteiger partial charge in [-0.2, -0.15) is 0 Å². The fourth-order valence-corrected chi connectivity index (χ4v) is 2.19. The maximum atomic E-state index is 10.5. The summed E-state index contributed by atoms with van der Waals surface area (Å²) >= 11 is 0. The Morgan fingerprint density at radius 1 is 1.20 bits per heavy atom. The molecule has 1 aliphatic heterocycles. The lowest BCUT2D eigenvalue weighted by Gasteiger charge is -2.28. The van der Waals surface area contributed by atoms with Gasteiger partial charge < -0.3 is 15.1 Å². The first-order valence-electron chi connectivity index (χ1n) is 6.72. The molecule has 0 spiro atoms. The number of anilines is 1. The Kier molecular flexibility index (Phi) is 2.92. The minimum Gasteiger partial charge on any atom is -0.505 e. The van der Waals surface area contributed by atoms with E-state index < -0.39 is 0 Å². The Morgan fingerprint density at radius 3 is 2.75 bits per heavy atom. The van der Waals surface area contributed by atoms with Gasteiger partial charge in [-0.05, 0) is 24.3 Å². The van der Waals surface area contributed by atoms with Gasteiger partial charge in [0.1, 0.15) is 12.5 Å². The van der Waals surface area contributed by atoms with Crippen molar-refractivity contribution in [2.45, 2.75) is 0 Å². The molecule has 0 atom stereocenters. The van der Waals surface area contributed by atoms with Crippen molar-refractivity contribution in [2.75, 3.05) is 11.6 Å². The van der Waals surface area contributed by atoms with Crippen molar-refractivity contribution in [2.24, 2.45) is 0 Å². The molecule has 0 fully saturated rings. The SMILES string of the molecule is [2H]c1cnc2c(c1)N(CO)C(=C(O)c1ccccc1)C=C2. The summed E-state index contributed by atoms with van der Waals surface area (Å²) in [5.74, 6) is 0.0712. The van der Waals surface area contributed by atoms with Crippen LogP contribution in [0.25, 0.3) is 11.8 Å². The van der Waals surface area contributed by atoms with E-state index in [-0.39, 0.29) is 18.5 Å². The number of hydrogen-bond acceptors (Lipinski definition) is 4. The topological polar surface area (TPSA) is 56.6 Å². The third kappa shape index (κ3) is 2.06. The third-order valence-corrected chi connectivity index (χ3v) is 3.17. The van der Waals surface area contributed by atoms with Crippen LogP contribution < -0.4 is 4.90 Å². The molecule has 4 heteroatoms. The molecule has 0 saturated carbocycles. The summed E-state index contributed by atoms with van der Waals surface area (Å²) in [6.07, 6.45) is 4.91. The van der Waals surface area contributed by atoms with Gasteiger partial charge in [0.05, 0.1) is 18.4 Å². The molecule has 0 radical (unpaired) electrons. The second-order valence-electron chi connectivity index (χ2n) is 4.34. The van der Waals surface area contributed by atoms with E-state index in [1.54, 1.807) is 30.4 Å². The minimum absolute atomic E-state index is 0.0712. The maximum absolute atomic E-state index is 10.5. The van der Waals surface area contributed by atoms with E-state index in [1.165, 1.54) is 11.1 Å². The van der Waals surface area contributed by atoms with Crippen molar-refractivity contribution in [1.29, 1.82) is 0 Å². The molecule has 0 amide bonds. The van der Waals surface area contributed by atoms with Crippen molar-refractivity contribution >= 4 is 17.5 Å². The smallest absolute Gasteiger partial charge is 0.146 e. The molecule has 2 N–H and O–H groups in total. The van der Waals surface area contributed by atoms with Gasteiger partial charge in [-0.15, -0.1) is 0 Å². The molecule has 2 aromatic rings. The zero-order chi connectivity index (χ0) is 14.8. The van der Waals surface area contributed by atoms with Crippen LogP contribution in [0.2, 0.25) is 0 Å². The number of fused-ring (bicyclic) bond motifs is 1. The minimum atomic E-state index is -0.311. The van der Waals surface area contributed by atoms with E-state index >= 15 is 0 Å². The molecule has 1 aromatic carbocycles. The van der Waals surface area contributed by atoms with Crippen LogP contribution in [0.1, 0.15) is 12.6 Å². The van der Waals surface area contributed by atoms with Crippen molar-refractivity contribution in [1.82, 2.24) is 4.98 Å². The Bertz CT molecular complexity index is 726. The third-order valence-electron chi connectivity index (χ3n) is 3.17. The average Bonchev–Trinajstić information content (AvgIpc) is 2.53. The molecule has 2 heterocycles. The number of hydrogen-bond donors (Lipinski definition) is 2. The molecule has 0 bridgehead atoms. The second-order valence-corrected chi connectivity index (χ2v) is 4.34. The molecule has 1 aliphatic rings. The Morgan fingerprint density at radius 2 is 2.00 bits per heavy atom. The highest BCUT2D eigenvalue weighted by Gasteiger charge is 2.20. The fourth-order valence-electron chi connectivity index (χ4n) is 2.19. The summed E-state index contributed by atoms with van der Waals surface area (Å²) in [4.78, 5) is 5.68. The summed E-state index contributed by atoms with van der Waals surface area (Å²) in [6, 6.07) is 11.0. The lowest BCUT2D eigenvalue weighted by molar-refractivity contribution is 0.299. The summed E-state index contributed by atoms with van der Waals surface area (Å²) in [5, 5.41) is 20.1. The van der Waals surface area contributed by atoms with Crippen molar-refractivity contribution in [3.63, 3.8) is 0 Å². The van der Waals surface area contributed by atoms with E-state index in [0.717, 1.165) is 0 Å². The van der Waals surface area contributed by atoms with Crippen molar-refractivity contribution < 1.29 is 11.6 Å². The molecule has 1 aromatic heterocycles. The Balaban J connectivity index is 2.13. The van der Waals surface area contributed by atoms with Crippen LogP contribution in [-0.4, -0.2) is 21.9 Å². The predicted octanol–water partition coefficient (Wildman–Crippen LogP) is 2.79. The van der Waals surface area contributed by atoms with Gasteiger partial charge in [-0.1, -0.05) is 30.3 Å². The number of aliphatic hydroxyl groups is 2. The lowest BCUT2D eigenvalue weighted by atomic mass is 10.1. The zero-order valence-corrected chi connectivity index (χ0v) is 10.7. The highest BCUT2D eigenvalue weighted by atomic mass is 16.3. The number of benzene rings is 1. The summed E-state index contributed by atoms with van der Waals surface area (Å²) < 4.78 is 7.66. The van der Waals surface area contributed by atoms with Crippen molar-refractivity contribution in [3.8, 4) is 0 Å². The molecule has 100 valence electrons. The van der Waals surface area contributed by atoms with Crippen LogP contribution in [0.4, 0.5) is 5.69 Å². The van der Waals surface area contributed by atoms with Gasteiger partial charge in [-0.25, -0.2) is 0 Å². The molecule has 0 aliphatic carbocycles. The number of aliphatic hydroxyl groups excluding tert-OH is 2. The van der Waals surface area contributed by atoms with Gasteiger partial charge in [0.2, 0.25) is 0 Å². The van der Waals surface area contributed by atoms with E-state index in [0.29, 0.717) is 22.6 Å². The number of rotatable bonds is 2. The first-order valence-corrected chi connectivity index (χ1v) is 6.22. The molecule has 0 saturated heterocycles. The van der Waals surface area contributed by atoms with Crippen LogP contribution >= 0.6 is 0 Å². The largest absolute Gasteiger partial charge is 0.505 e. The zero-order valence-electron chi connectivity index (χ0n) is 11.7. The summed E-state index contributed by atoms with van der Waals surface area (Å²) in [5.41, 5.74) is 2.40. The van der Waals surface area contributed by atoms with Gasteiger partial charge >= 0.3 is 0 Å². The van der Waals surface area contributed by atoms with Crippen LogP contribution in [0, 0.1) is 0 Å². The predicted molar refractivity (Wildman–Crippen MR) is 78.8 cm³/mol. The van der Waals surface area contributed by atoms with Gasteiger partial charge in [0, 0.05) is 11.8 Å². The van der Waals surface area contributed by atoms with Crippen LogP contribution in [-0.2, 0) is 0 Å². The van der Waals surface area contributed by atoms with E-state index in [2.05, 4.69) is 4.98 Å². The molecule has 3 rings (SSSR count). The van der Waals surface area contributed by atoms with Gasteiger partial charge in [0.25, 0.3) is 0 Å². The Hall–Kier alpha value is -2.59. The van der Waals surface area contributed by atoms with E-state index in [4.69, 9.17) is 1.37 Å². The molecular weight excluding hydrogens is 252 g/mol. The summed E-state index contributed by atoms with van der Waals surface area (Å²) in [6.45, 7) is -0.311.